The molecule has 0 spiro atoms. The van der Waals surface area contributed by atoms with E-state index in [4.69, 9.17) is 4.42 Å². The van der Waals surface area contributed by atoms with E-state index in [-0.39, 0.29) is 5.91 Å². The van der Waals surface area contributed by atoms with Crippen LogP contribution in [0.2, 0.25) is 0 Å². The standard InChI is InChI=1S/C17H19NO2/c1-10-13-4-2-3-5-14(13)20-16(10)17(19)18-15(11-6-7-11)12-8-9-12/h2-5,11-12,15H,6-9H2,1H3,(H,18,19). The number of carbonyl (C=O) groups is 1. The van der Waals surface area contributed by atoms with E-state index in [1.54, 1.807) is 0 Å². The van der Waals surface area contributed by atoms with Gasteiger partial charge in [0, 0.05) is 17.0 Å². The summed E-state index contributed by atoms with van der Waals surface area (Å²) in [6.45, 7) is 1.96. The van der Waals surface area contributed by atoms with E-state index in [1.165, 1.54) is 25.7 Å². The molecule has 0 bridgehead atoms. The van der Waals surface area contributed by atoms with Crippen molar-refractivity contribution in [2.24, 2.45) is 11.8 Å². The summed E-state index contributed by atoms with van der Waals surface area (Å²) < 4.78 is 5.75. The summed E-state index contributed by atoms with van der Waals surface area (Å²) >= 11 is 0. The lowest BCUT2D eigenvalue weighted by Gasteiger charge is -2.16. The van der Waals surface area contributed by atoms with Crippen molar-refractivity contribution in [1.82, 2.24) is 5.32 Å². The van der Waals surface area contributed by atoms with Crippen LogP contribution in [0.5, 0.6) is 0 Å². The van der Waals surface area contributed by atoms with E-state index in [0.717, 1.165) is 16.5 Å². The summed E-state index contributed by atoms with van der Waals surface area (Å²) in [5.74, 6) is 1.85. The quantitative estimate of drug-likeness (QED) is 0.920. The Morgan fingerprint density at radius 3 is 2.45 bits per heavy atom. The van der Waals surface area contributed by atoms with Gasteiger partial charge in [0.1, 0.15) is 5.58 Å². The monoisotopic (exact) mass is 269 g/mol. The first-order valence-electron chi connectivity index (χ1n) is 7.53. The zero-order valence-electron chi connectivity index (χ0n) is 11.7. The van der Waals surface area contributed by atoms with Gasteiger partial charge in [0.2, 0.25) is 0 Å². The van der Waals surface area contributed by atoms with Crippen molar-refractivity contribution in [3.63, 3.8) is 0 Å². The van der Waals surface area contributed by atoms with Crippen molar-refractivity contribution in [2.45, 2.75) is 38.6 Å². The number of fused-ring (bicyclic) bond motifs is 1. The van der Waals surface area contributed by atoms with Crippen LogP contribution in [0.15, 0.2) is 28.7 Å². The van der Waals surface area contributed by atoms with Gasteiger partial charge in [0.25, 0.3) is 5.91 Å². The van der Waals surface area contributed by atoms with Gasteiger partial charge >= 0.3 is 0 Å². The smallest absolute Gasteiger partial charge is 0.287 e. The van der Waals surface area contributed by atoms with Crippen LogP contribution in [0.3, 0.4) is 0 Å². The minimum absolute atomic E-state index is 0.0394. The summed E-state index contributed by atoms with van der Waals surface area (Å²) in [7, 11) is 0. The number of nitrogens with one attached hydrogen (secondary N) is 1. The maximum absolute atomic E-state index is 12.5. The first-order valence-corrected chi connectivity index (χ1v) is 7.53. The largest absolute Gasteiger partial charge is 0.451 e. The second-order valence-corrected chi connectivity index (χ2v) is 6.23. The molecule has 3 nitrogen and oxygen atoms in total. The van der Waals surface area contributed by atoms with Crippen molar-refractivity contribution < 1.29 is 9.21 Å². The summed E-state index contributed by atoms with van der Waals surface area (Å²) in [5.41, 5.74) is 1.74. The second kappa shape index (κ2) is 4.37. The molecule has 0 aliphatic heterocycles. The molecule has 2 aliphatic carbocycles. The Balaban J connectivity index is 1.61. The zero-order chi connectivity index (χ0) is 13.7. The molecule has 1 N–H and O–H groups in total. The Morgan fingerprint density at radius 2 is 1.85 bits per heavy atom. The van der Waals surface area contributed by atoms with Gasteiger partial charge in [-0.15, -0.1) is 0 Å². The number of amides is 1. The molecular formula is C17H19NO2. The van der Waals surface area contributed by atoms with Crippen LogP contribution >= 0.6 is 0 Å². The number of rotatable bonds is 4. The number of aryl methyl sites for hydroxylation is 1. The summed E-state index contributed by atoms with van der Waals surface area (Å²) in [6.07, 6.45) is 5.06. The Kier molecular flexibility index (Phi) is 2.62. The van der Waals surface area contributed by atoms with Crippen LogP contribution < -0.4 is 5.32 Å². The number of benzene rings is 1. The molecule has 3 heteroatoms. The molecule has 1 amide bonds. The van der Waals surface area contributed by atoms with Gasteiger partial charge in [0.05, 0.1) is 0 Å². The van der Waals surface area contributed by atoms with Crippen molar-refractivity contribution in [1.29, 1.82) is 0 Å². The molecule has 2 aliphatic rings. The average molecular weight is 269 g/mol. The van der Waals surface area contributed by atoms with Crippen molar-refractivity contribution >= 4 is 16.9 Å². The Bertz CT molecular complexity index is 653. The van der Waals surface area contributed by atoms with Gasteiger partial charge < -0.3 is 9.73 Å². The molecule has 0 radical (unpaired) electrons. The third kappa shape index (κ3) is 2.01. The normalized spacial score (nSPS) is 18.7. The predicted octanol–water partition coefficient (Wildman–Crippen LogP) is 3.66. The van der Waals surface area contributed by atoms with Gasteiger partial charge in [-0.25, -0.2) is 0 Å². The van der Waals surface area contributed by atoms with E-state index in [1.807, 2.05) is 31.2 Å². The molecule has 0 saturated heterocycles. The lowest BCUT2D eigenvalue weighted by atomic mass is 10.1. The van der Waals surface area contributed by atoms with Gasteiger partial charge in [-0.05, 0) is 50.5 Å². The molecule has 2 aromatic rings. The third-order valence-corrected chi connectivity index (χ3v) is 4.61. The van der Waals surface area contributed by atoms with E-state index in [2.05, 4.69) is 5.32 Å². The maximum atomic E-state index is 12.5. The van der Waals surface area contributed by atoms with Crippen molar-refractivity contribution in [3.8, 4) is 0 Å². The molecular weight excluding hydrogens is 250 g/mol. The van der Waals surface area contributed by atoms with Crippen molar-refractivity contribution in [3.05, 3.63) is 35.6 Å². The molecule has 0 atom stereocenters. The van der Waals surface area contributed by atoms with Crippen LogP contribution in [0.25, 0.3) is 11.0 Å². The third-order valence-electron chi connectivity index (χ3n) is 4.61. The highest BCUT2D eigenvalue weighted by atomic mass is 16.3. The highest BCUT2D eigenvalue weighted by molar-refractivity contribution is 5.99. The fourth-order valence-corrected chi connectivity index (χ4v) is 3.14. The number of para-hydroxylation sites is 1. The van der Waals surface area contributed by atoms with Gasteiger partial charge in [0.15, 0.2) is 5.76 Å². The minimum Gasteiger partial charge on any atom is -0.451 e. The first kappa shape index (κ1) is 12.0. The van der Waals surface area contributed by atoms with Crippen LogP contribution in [0.4, 0.5) is 0 Å². The molecule has 104 valence electrons. The predicted molar refractivity (Wildman–Crippen MR) is 77.7 cm³/mol. The molecule has 2 fully saturated rings. The Hall–Kier alpha value is -1.77. The second-order valence-electron chi connectivity index (χ2n) is 6.23. The van der Waals surface area contributed by atoms with E-state index in [0.29, 0.717) is 23.6 Å². The van der Waals surface area contributed by atoms with E-state index in [9.17, 15) is 4.79 Å². The van der Waals surface area contributed by atoms with Gasteiger partial charge in [-0.3, -0.25) is 4.79 Å². The minimum atomic E-state index is -0.0394. The van der Waals surface area contributed by atoms with Gasteiger partial charge in [-0.2, -0.15) is 0 Å². The lowest BCUT2D eigenvalue weighted by molar-refractivity contribution is 0.0899. The fourth-order valence-electron chi connectivity index (χ4n) is 3.14. The summed E-state index contributed by atoms with van der Waals surface area (Å²) in [6, 6.07) is 8.20. The Morgan fingerprint density at radius 1 is 1.20 bits per heavy atom. The number of furan rings is 1. The summed E-state index contributed by atoms with van der Waals surface area (Å²) in [4.78, 5) is 12.5. The number of hydrogen-bond acceptors (Lipinski definition) is 2. The van der Waals surface area contributed by atoms with E-state index < -0.39 is 0 Å². The molecule has 1 aromatic carbocycles. The maximum Gasteiger partial charge on any atom is 0.287 e. The number of carbonyl (C=O) groups excluding carboxylic acids is 1. The molecule has 20 heavy (non-hydrogen) atoms. The van der Waals surface area contributed by atoms with Crippen LogP contribution in [0.1, 0.15) is 41.8 Å². The molecule has 2 saturated carbocycles. The van der Waals surface area contributed by atoms with Crippen molar-refractivity contribution in [2.75, 3.05) is 0 Å². The topological polar surface area (TPSA) is 42.2 Å². The molecule has 1 heterocycles. The zero-order valence-corrected chi connectivity index (χ0v) is 11.7. The average Bonchev–Trinajstić information content (AvgIpc) is 3.35. The lowest BCUT2D eigenvalue weighted by Crippen LogP contribution is -2.38. The Labute approximate surface area is 118 Å². The molecule has 0 unspecified atom stereocenters. The SMILES string of the molecule is Cc1c(C(=O)NC(C2CC2)C2CC2)oc2ccccc12. The highest BCUT2D eigenvalue weighted by Gasteiger charge is 2.42. The van der Waals surface area contributed by atoms with Gasteiger partial charge in [-0.1, -0.05) is 18.2 Å². The van der Waals surface area contributed by atoms with Crippen LogP contribution in [-0.4, -0.2) is 11.9 Å². The number of hydrogen-bond donors (Lipinski definition) is 1. The first-order chi connectivity index (χ1) is 9.74. The molecule has 4 rings (SSSR count). The van der Waals surface area contributed by atoms with E-state index >= 15 is 0 Å². The van der Waals surface area contributed by atoms with Crippen LogP contribution in [-0.2, 0) is 0 Å². The fraction of sp³-hybridized carbons (Fsp3) is 0.471. The summed E-state index contributed by atoms with van der Waals surface area (Å²) in [5, 5.41) is 4.26. The van der Waals surface area contributed by atoms with Crippen LogP contribution in [0, 0.1) is 18.8 Å². The highest BCUT2D eigenvalue weighted by Crippen LogP contribution is 2.44. The molecule has 1 aromatic heterocycles.